The molecular formula is C15H31N. The van der Waals surface area contributed by atoms with Crippen molar-refractivity contribution in [1.82, 2.24) is 5.32 Å². The van der Waals surface area contributed by atoms with E-state index in [0.717, 1.165) is 23.8 Å². The minimum atomic E-state index is 0.749. The topological polar surface area (TPSA) is 12.0 Å². The van der Waals surface area contributed by atoms with Crippen LogP contribution in [0.5, 0.6) is 0 Å². The first-order chi connectivity index (χ1) is 7.58. The Balaban J connectivity index is 2.08. The van der Waals surface area contributed by atoms with E-state index in [1.54, 1.807) is 0 Å². The van der Waals surface area contributed by atoms with E-state index in [9.17, 15) is 0 Å². The lowest BCUT2D eigenvalue weighted by Gasteiger charge is -2.22. The SMILES string of the molecule is CC(C)CC(CC(C)C)NCCCC1CC1. The van der Waals surface area contributed by atoms with Crippen molar-refractivity contribution in [1.29, 1.82) is 0 Å². The van der Waals surface area contributed by atoms with Crippen LogP contribution in [0.3, 0.4) is 0 Å². The number of hydrogen-bond donors (Lipinski definition) is 1. The third-order valence-corrected chi connectivity index (χ3v) is 3.43. The van der Waals surface area contributed by atoms with Crippen LogP contribution in [0.25, 0.3) is 0 Å². The second-order valence-electron chi connectivity index (χ2n) is 6.50. The summed E-state index contributed by atoms with van der Waals surface area (Å²) in [5, 5.41) is 3.77. The van der Waals surface area contributed by atoms with Crippen LogP contribution in [-0.2, 0) is 0 Å². The molecule has 1 fully saturated rings. The molecule has 0 aromatic rings. The molecule has 0 aromatic carbocycles. The van der Waals surface area contributed by atoms with Gasteiger partial charge in [-0.1, -0.05) is 40.5 Å². The van der Waals surface area contributed by atoms with E-state index >= 15 is 0 Å². The van der Waals surface area contributed by atoms with Crippen molar-refractivity contribution in [2.45, 2.75) is 72.3 Å². The third kappa shape index (κ3) is 7.27. The van der Waals surface area contributed by atoms with E-state index < -0.39 is 0 Å². The molecule has 0 amide bonds. The molecule has 0 radical (unpaired) electrons. The molecule has 0 heterocycles. The van der Waals surface area contributed by atoms with E-state index in [1.165, 1.54) is 45.1 Å². The first-order valence-electron chi connectivity index (χ1n) is 7.31. The lowest BCUT2D eigenvalue weighted by Crippen LogP contribution is -2.32. The Bertz CT molecular complexity index is 160. The van der Waals surface area contributed by atoms with E-state index in [2.05, 4.69) is 33.0 Å². The van der Waals surface area contributed by atoms with E-state index in [4.69, 9.17) is 0 Å². The van der Waals surface area contributed by atoms with Crippen molar-refractivity contribution >= 4 is 0 Å². The highest BCUT2D eigenvalue weighted by molar-refractivity contribution is 4.74. The third-order valence-electron chi connectivity index (χ3n) is 3.43. The molecule has 0 bridgehead atoms. The Morgan fingerprint density at radius 2 is 1.56 bits per heavy atom. The summed E-state index contributed by atoms with van der Waals surface area (Å²) in [6, 6.07) is 0.749. The van der Waals surface area contributed by atoms with Crippen LogP contribution in [0.4, 0.5) is 0 Å². The molecule has 0 aliphatic heterocycles. The minimum absolute atomic E-state index is 0.749. The fraction of sp³-hybridized carbons (Fsp3) is 1.00. The van der Waals surface area contributed by atoms with Gasteiger partial charge in [-0.15, -0.1) is 0 Å². The molecular weight excluding hydrogens is 194 g/mol. The van der Waals surface area contributed by atoms with Crippen molar-refractivity contribution in [3.8, 4) is 0 Å². The van der Waals surface area contributed by atoms with Gasteiger partial charge in [-0.2, -0.15) is 0 Å². The van der Waals surface area contributed by atoms with E-state index in [1.807, 2.05) is 0 Å². The second kappa shape index (κ2) is 7.32. The molecule has 1 N–H and O–H groups in total. The molecule has 1 aliphatic carbocycles. The van der Waals surface area contributed by atoms with Gasteiger partial charge in [0, 0.05) is 6.04 Å². The monoisotopic (exact) mass is 225 g/mol. The van der Waals surface area contributed by atoms with Gasteiger partial charge in [0.25, 0.3) is 0 Å². The van der Waals surface area contributed by atoms with Crippen LogP contribution in [-0.4, -0.2) is 12.6 Å². The molecule has 1 nitrogen and oxygen atoms in total. The number of hydrogen-bond acceptors (Lipinski definition) is 1. The maximum absolute atomic E-state index is 3.77. The zero-order valence-corrected chi connectivity index (χ0v) is 11.8. The molecule has 0 unspecified atom stereocenters. The molecule has 1 aliphatic rings. The van der Waals surface area contributed by atoms with Gasteiger partial charge in [0.05, 0.1) is 0 Å². The largest absolute Gasteiger partial charge is 0.314 e. The number of rotatable bonds is 9. The Morgan fingerprint density at radius 1 is 1.00 bits per heavy atom. The quantitative estimate of drug-likeness (QED) is 0.579. The molecule has 1 heteroatoms. The predicted molar refractivity (Wildman–Crippen MR) is 72.7 cm³/mol. The van der Waals surface area contributed by atoms with Gasteiger partial charge in [-0.3, -0.25) is 0 Å². The summed E-state index contributed by atoms with van der Waals surface area (Å²) in [5.41, 5.74) is 0. The van der Waals surface area contributed by atoms with Crippen molar-refractivity contribution in [3.63, 3.8) is 0 Å². The molecule has 1 saturated carbocycles. The molecule has 1 rings (SSSR count). The van der Waals surface area contributed by atoms with Gasteiger partial charge in [0.15, 0.2) is 0 Å². The Morgan fingerprint density at radius 3 is 2.00 bits per heavy atom. The van der Waals surface area contributed by atoms with Gasteiger partial charge in [-0.05, 0) is 50.0 Å². The predicted octanol–water partition coefficient (Wildman–Crippen LogP) is 4.23. The smallest absolute Gasteiger partial charge is 0.00719 e. The molecule has 0 saturated heterocycles. The van der Waals surface area contributed by atoms with Gasteiger partial charge in [0.1, 0.15) is 0 Å². The Kier molecular flexibility index (Phi) is 6.41. The van der Waals surface area contributed by atoms with Crippen LogP contribution in [0.15, 0.2) is 0 Å². The Labute approximate surface area is 102 Å². The van der Waals surface area contributed by atoms with Gasteiger partial charge < -0.3 is 5.32 Å². The molecule has 96 valence electrons. The van der Waals surface area contributed by atoms with E-state index in [-0.39, 0.29) is 0 Å². The van der Waals surface area contributed by atoms with Crippen molar-refractivity contribution in [2.75, 3.05) is 6.54 Å². The summed E-state index contributed by atoms with van der Waals surface area (Å²) < 4.78 is 0. The fourth-order valence-electron chi connectivity index (χ4n) is 2.50. The average molecular weight is 225 g/mol. The zero-order valence-electron chi connectivity index (χ0n) is 11.8. The van der Waals surface area contributed by atoms with Crippen LogP contribution in [0, 0.1) is 17.8 Å². The van der Waals surface area contributed by atoms with Crippen LogP contribution < -0.4 is 5.32 Å². The molecule has 16 heavy (non-hydrogen) atoms. The highest BCUT2D eigenvalue weighted by Crippen LogP contribution is 2.33. The highest BCUT2D eigenvalue weighted by atomic mass is 14.9. The maximum Gasteiger partial charge on any atom is 0.00719 e. The van der Waals surface area contributed by atoms with Crippen molar-refractivity contribution in [2.24, 2.45) is 17.8 Å². The summed E-state index contributed by atoms with van der Waals surface area (Å²) in [4.78, 5) is 0. The van der Waals surface area contributed by atoms with Crippen LogP contribution in [0.1, 0.15) is 66.2 Å². The maximum atomic E-state index is 3.77. The summed E-state index contributed by atoms with van der Waals surface area (Å²) in [7, 11) is 0. The Hall–Kier alpha value is -0.0400. The van der Waals surface area contributed by atoms with Crippen molar-refractivity contribution in [3.05, 3.63) is 0 Å². The summed E-state index contributed by atoms with van der Waals surface area (Å²) in [6.07, 6.45) is 8.52. The van der Waals surface area contributed by atoms with Gasteiger partial charge in [0.2, 0.25) is 0 Å². The summed E-state index contributed by atoms with van der Waals surface area (Å²) >= 11 is 0. The molecule has 0 spiro atoms. The fourth-order valence-corrected chi connectivity index (χ4v) is 2.50. The lowest BCUT2D eigenvalue weighted by atomic mass is 9.95. The highest BCUT2D eigenvalue weighted by Gasteiger charge is 2.20. The summed E-state index contributed by atoms with van der Waals surface area (Å²) in [6.45, 7) is 10.6. The lowest BCUT2D eigenvalue weighted by molar-refractivity contribution is 0.356. The van der Waals surface area contributed by atoms with Gasteiger partial charge in [-0.25, -0.2) is 0 Å². The standard InChI is InChI=1S/C15H31N/c1-12(2)10-15(11-13(3)4)16-9-5-6-14-7-8-14/h12-16H,5-11H2,1-4H3. The number of nitrogens with one attached hydrogen (secondary N) is 1. The van der Waals surface area contributed by atoms with Crippen LogP contribution >= 0.6 is 0 Å². The second-order valence-corrected chi connectivity index (χ2v) is 6.50. The molecule has 0 atom stereocenters. The molecule has 0 aromatic heterocycles. The zero-order chi connectivity index (χ0) is 12.0. The first-order valence-corrected chi connectivity index (χ1v) is 7.31. The first kappa shape index (κ1) is 14.0. The minimum Gasteiger partial charge on any atom is -0.314 e. The van der Waals surface area contributed by atoms with Crippen molar-refractivity contribution < 1.29 is 0 Å². The average Bonchev–Trinajstić information content (AvgIpc) is 2.93. The summed E-state index contributed by atoms with van der Waals surface area (Å²) in [5.74, 6) is 2.73. The van der Waals surface area contributed by atoms with E-state index in [0.29, 0.717) is 0 Å². The van der Waals surface area contributed by atoms with Crippen LogP contribution in [0.2, 0.25) is 0 Å². The normalized spacial score (nSPS) is 16.7. The van der Waals surface area contributed by atoms with Gasteiger partial charge >= 0.3 is 0 Å².